The summed E-state index contributed by atoms with van der Waals surface area (Å²) in [5.74, 6) is 1.21. The molecule has 1 unspecified atom stereocenters. The van der Waals surface area contributed by atoms with Gasteiger partial charge < -0.3 is 9.59 Å². The summed E-state index contributed by atoms with van der Waals surface area (Å²) in [6, 6.07) is 25.8. The van der Waals surface area contributed by atoms with Crippen molar-refractivity contribution < 1.29 is 9.59 Å². The molecular weight excluding hydrogens is 354 g/mol. The van der Waals surface area contributed by atoms with Gasteiger partial charge in [-0.25, -0.2) is 0 Å². The quantitative estimate of drug-likeness (QED) is 0.456. The lowest BCUT2D eigenvalue weighted by molar-refractivity contribution is -0.984. The molecule has 148 valence electrons. The number of benzene rings is 3. The minimum Gasteiger partial charge on any atom is -0.382 e. The van der Waals surface area contributed by atoms with E-state index in [9.17, 15) is 5.11 Å². The van der Waals surface area contributed by atoms with Crippen LogP contribution in [0.15, 0.2) is 85.5 Å². The van der Waals surface area contributed by atoms with E-state index in [4.69, 9.17) is 0 Å². The van der Waals surface area contributed by atoms with Crippen LogP contribution in [0.4, 0.5) is 0 Å². The average Bonchev–Trinajstić information content (AvgIpc) is 2.78. The Bertz CT molecular complexity index is 1010. The van der Waals surface area contributed by atoms with Crippen LogP contribution in [0.25, 0.3) is 10.8 Å². The summed E-state index contributed by atoms with van der Waals surface area (Å²) >= 11 is 0. The Morgan fingerprint density at radius 2 is 1.76 bits per heavy atom. The third-order valence-electron chi connectivity index (χ3n) is 7.52. The van der Waals surface area contributed by atoms with E-state index < -0.39 is 6.10 Å². The van der Waals surface area contributed by atoms with Crippen LogP contribution in [-0.4, -0.2) is 28.7 Å². The van der Waals surface area contributed by atoms with Gasteiger partial charge in [-0.3, -0.25) is 0 Å². The third-order valence-corrected chi connectivity index (χ3v) is 7.52. The summed E-state index contributed by atoms with van der Waals surface area (Å²) in [6.45, 7) is 7.37. The molecule has 0 spiro atoms. The van der Waals surface area contributed by atoms with Crippen LogP contribution in [0.5, 0.6) is 0 Å². The Morgan fingerprint density at radius 3 is 2.59 bits per heavy atom. The summed E-state index contributed by atoms with van der Waals surface area (Å²) in [4.78, 5) is 0. The molecule has 6 rings (SSSR count). The molecular formula is C27H30NO+. The van der Waals surface area contributed by atoms with Gasteiger partial charge in [-0.2, -0.15) is 0 Å². The number of hydrogen-bond acceptors (Lipinski definition) is 1. The Kier molecular flexibility index (Phi) is 4.77. The van der Waals surface area contributed by atoms with Gasteiger partial charge >= 0.3 is 0 Å². The van der Waals surface area contributed by atoms with E-state index in [1.54, 1.807) is 0 Å². The van der Waals surface area contributed by atoms with Gasteiger partial charge in [0.15, 0.2) is 0 Å². The number of aliphatic hydroxyl groups is 1. The van der Waals surface area contributed by atoms with Crippen LogP contribution in [0.3, 0.4) is 0 Å². The van der Waals surface area contributed by atoms with Gasteiger partial charge in [-0.1, -0.05) is 78.9 Å². The maximum atomic E-state index is 11.7. The predicted octanol–water partition coefficient (Wildman–Crippen LogP) is 5.48. The van der Waals surface area contributed by atoms with Crippen LogP contribution in [0.2, 0.25) is 0 Å². The predicted molar refractivity (Wildman–Crippen MR) is 119 cm³/mol. The van der Waals surface area contributed by atoms with E-state index in [0.717, 1.165) is 36.1 Å². The summed E-state index contributed by atoms with van der Waals surface area (Å²) in [5, 5.41) is 14.1. The van der Waals surface area contributed by atoms with E-state index in [1.807, 2.05) is 0 Å². The van der Waals surface area contributed by atoms with Crippen molar-refractivity contribution in [3.05, 3.63) is 96.6 Å². The van der Waals surface area contributed by atoms with Gasteiger partial charge in [0.2, 0.25) is 0 Å². The molecule has 0 aliphatic carbocycles. The van der Waals surface area contributed by atoms with Gasteiger partial charge in [0.25, 0.3) is 0 Å². The maximum absolute atomic E-state index is 11.7. The molecule has 1 N–H and O–H groups in total. The molecule has 3 aliphatic rings. The highest BCUT2D eigenvalue weighted by Crippen LogP contribution is 2.48. The fraction of sp³-hybridized carbons (Fsp3) is 0.333. The van der Waals surface area contributed by atoms with E-state index in [0.29, 0.717) is 11.8 Å². The average molecular weight is 385 g/mol. The fourth-order valence-corrected chi connectivity index (χ4v) is 6.04. The van der Waals surface area contributed by atoms with Gasteiger partial charge in [0.1, 0.15) is 18.7 Å². The van der Waals surface area contributed by atoms with Crippen LogP contribution < -0.4 is 0 Å². The molecule has 5 atom stereocenters. The second-order valence-electron chi connectivity index (χ2n) is 9.03. The highest BCUT2D eigenvalue weighted by Gasteiger charge is 2.53. The highest BCUT2D eigenvalue weighted by molar-refractivity contribution is 5.86. The lowest BCUT2D eigenvalue weighted by atomic mass is 9.71. The summed E-state index contributed by atoms with van der Waals surface area (Å²) in [5.41, 5.74) is 2.45. The van der Waals surface area contributed by atoms with Gasteiger partial charge in [-0.05, 0) is 22.3 Å². The molecule has 3 fully saturated rings. The Balaban J connectivity index is 1.56. The Morgan fingerprint density at radius 1 is 1.00 bits per heavy atom. The number of piperidine rings is 3. The van der Waals surface area contributed by atoms with Crippen LogP contribution in [-0.2, 0) is 6.54 Å². The van der Waals surface area contributed by atoms with Crippen molar-refractivity contribution in [1.82, 2.24) is 0 Å². The molecule has 3 heterocycles. The van der Waals surface area contributed by atoms with Crippen molar-refractivity contribution in [3.63, 3.8) is 0 Å². The standard InChI is InChI=1S/C27H30NO/c1-2-21-19-28(18-20-9-4-3-5-10-20)16-15-23(21)17-26(28)27(29)25-14-8-12-22-11-6-7-13-24(22)25/h2-14,21,23,26-27,29H,1,15-19H2/q+1/t21-,23-,26+,27+,28?/m0/s1. The highest BCUT2D eigenvalue weighted by atomic mass is 16.3. The van der Waals surface area contributed by atoms with E-state index in [2.05, 4.69) is 85.5 Å². The van der Waals surface area contributed by atoms with Crippen molar-refractivity contribution in [3.8, 4) is 0 Å². The molecule has 2 heteroatoms. The number of aliphatic hydroxyl groups excluding tert-OH is 1. The van der Waals surface area contributed by atoms with Crippen LogP contribution in [0, 0.1) is 11.8 Å². The normalized spacial score (nSPS) is 29.6. The first-order valence-corrected chi connectivity index (χ1v) is 10.9. The van der Waals surface area contributed by atoms with Gasteiger partial charge in [0.05, 0.1) is 13.1 Å². The SMILES string of the molecule is C=C[C@H]1C[N+]2(Cc3ccccc3)CC[C@H]1C[C@@H]2[C@H](O)c1cccc2ccccc12. The molecule has 0 amide bonds. The van der Waals surface area contributed by atoms with Crippen molar-refractivity contribution in [2.24, 2.45) is 11.8 Å². The molecule has 0 saturated carbocycles. The Labute approximate surface area is 173 Å². The van der Waals surface area contributed by atoms with Crippen molar-refractivity contribution in [2.75, 3.05) is 13.1 Å². The van der Waals surface area contributed by atoms with E-state index in [-0.39, 0.29) is 6.04 Å². The number of hydrogen-bond donors (Lipinski definition) is 1. The zero-order valence-corrected chi connectivity index (χ0v) is 17.0. The molecule has 3 aromatic carbocycles. The lowest BCUT2D eigenvalue weighted by Crippen LogP contribution is -2.67. The first-order valence-electron chi connectivity index (χ1n) is 10.9. The zero-order chi connectivity index (χ0) is 19.8. The molecule has 0 aromatic heterocycles. The minimum absolute atomic E-state index is 0.232. The molecule has 3 saturated heterocycles. The first kappa shape index (κ1) is 18.6. The number of nitrogens with zero attached hydrogens (tertiary/aromatic N) is 1. The number of rotatable bonds is 5. The van der Waals surface area contributed by atoms with E-state index >= 15 is 0 Å². The smallest absolute Gasteiger partial charge is 0.131 e. The minimum atomic E-state index is -0.446. The third kappa shape index (κ3) is 3.21. The first-order chi connectivity index (χ1) is 14.2. The molecule has 2 bridgehead atoms. The molecule has 3 aromatic rings. The van der Waals surface area contributed by atoms with Crippen LogP contribution >= 0.6 is 0 Å². The van der Waals surface area contributed by atoms with Gasteiger partial charge in [-0.15, -0.1) is 6.58 Å². The van der Waals surface area contributed by atoms with Gasteiger partial charge in [0, 0.05) is 24.3 Å². The molecule has 0 radical (unpaired) electrons. The monoisotopic (exact) mass is 384 g/mol. The lowest BCUT2D eigenvalue weighted by Gasteiger charge is -2.58. The van der Waals surface area contributed by atoms with Crippen molar-refractivity contribution in [2.45, 2.75) is 31.5 Å². The molecule has 2 nitrogen and oxygen atoms in total. The molecule has 3 aliphatic heterocycles. The number of quaternary nitrogens is 1. The van der Waals surface area contributed by atoms with Crippen molar-refractivity contribution >= 4 is 10.8 Å². The largest absolute Gasteiger partial charge is 0.382 e. The Hall–Kier alpha value is -2.42. The summed E-state index contributed by atoms with van der Waals surface area (Å²) in [7, 11) is 0. The van der Waals surface area contributed by atoms with E-state index in [1.165, 1.54) is 22.8 Å². The van der Waals surface area contributed by atoms with Crippen LogP contribution in [0.1, 0.15) is 30.1 Å². The molecule has 29 heavy (non-hydrogen) atoms. The van der Waals surface area contributed by atoms with Crippen molar-refractivity contribution in [1.29, 1.82) is 0 Å². The number of fused-ring (bicyclic) bond motifs is 4. The second-order valence-corrected chi connectivity index (χ2v) is 9.03. The summed E-state index contributed by atoms with van der Waals surface area (Å²) in [6.07, 6.45) is 4.04. The second kappa shape index (κ2) is 7.44. The maximum Gasteiger partial charge on any atom is 0.131 e. The fourth-order valence-electron chi connectivity index (χ4n) is 6.04. The summed E-state index contributed by atoms with van der Waals surface area (Å²) < 4.78 is 0.974. The zero-order valence-electron chi connectivity index (χ0n) is 17.0. The topological polar surface area (TPSA) is 20.2 Å².